The van der Waals surface area contributed by atoms with E-state index in [1.54, 1.807) is 11.5 Å². The van der Waals surface area contributed by atoms with Crippen molar-refractivity contribution in [3.63, 3.8) is 0 Å². The van der Waals surface area contributed by atoms with Gasteiger partial charge in [-0.15, -0.1) is 0 Å². The summed E-state index contributed by atoms with van der Waals surface area (Å²) in [7, 11) is 0. The van der Waals surface area contributed by atoms with Crippen molar-refractivity contribution in [1.29, 1.82) is 0 Å². The summed E-state index contributed by atoms with van der Waals surface area (Å²) in [6.07, 6.45) is 1.03. The topological polar surface area (TPSA) is 60.0 Å². The van der Waals surface area contributed by atoms with Gasteiger partial charge in [-0.2, -0.15) is 0 Å². The Kier molecular flexibility index (Phi) is 10.00. The first-order chi connectivity index (χ1) is 27.1. The van der Waals surface area contributed by atoms with Crippen molar-refractivity contribution in [2.75, 3.05) is 9.80 Å². The molecule has 0 saturated carbocycles. The molecule has 5 heteroatoms. The summed E-state index contributed by atoms with van der Waals surface area (Å²) in [5.41, 5.74) is 14.2. The van der Waals surface area contributed by atoms with Crippen molar-refractivity contribution in [2.45, 2.75) is 13.3 Å². The maximum absolute atomic E-state index is 12.3. The first-order valence-corrected chi connectivity index (χ1v) is 18.7. The van der Waals surface area contributed by atoms with E-state index in [0.717, 1.165) is 45.3 Å². The van der Waals surface area contributed by atoms with Crippen LogP contribution in [-0.2, 0) is 6.42 Å². The molecule has 9 aromatic rings. The molecule has 272 valence electrons. The van der Waals surface area contributed by atoms with Crippen LogP contribution in [0.3, 0.4) is 0 Å². The molecule has 0 bridgehead atoms. The van der Waals surface area contributed by atoms with Crippen molar-refractivity contribution in [3.05, 3.63) is 217 Å². The summed E-state index contributed by atoms with van der Waals surface area (Å²) < 4.78 is 1.80. The average Bonchev–Trinajstić information content (AvgIpc) is 3.78. The van der Waals surface area contributed by atoms with Crippen molar-refractivity contribution in [2.24, 2.45) is 0 Å². The van der Waals surface area contributed by atoms with E-state index in [9.17, 15) is 4.79 Å². The fourth-order valence-electron chi connectivity index (χ4n) is 7.89. The minimum atomic E-state index is 0. The Bertz CT molecular complexity index is 2680. The minimum Gasteiger partial charge on any atom is -0.412 e. The fraction of sp³-hybridized carbons (Fsp3) is 0.0392. The Labute approximate surface area is 327 Å². The second-order valence-electron chi connectivity index (χ2n) is 13.8. The van der Waals surface area contributed by atoms with Crippen molar-refractivity contribution in [3.8, 4) is 11.1 Å². The van der Waals surface area contributed by atoms with Gasteiger partial charge in [0.15, 0.2) is 0 Å². The van der Waals surface area contributed by atoms with Gasteiger partial charge < -0.3 is 15.3 Å². The minimum absolute atomic E-state index is 0. The lowest BCUT2D eigenvalue weighted by atomic mass is 10.0. The Morgan fingerprint density at radius 2 is 0.839 bits per heavy atom. The first-order valence-electron chi connectivity index (χ1n) is 18.7. The standard InChI is InChI=1S/C26H20N2O.C25H19N.H2O/c1-19(29)27-25-15-9-8-14-23(25)24-18-22(16-17-26(24)27)28(20-10-4-2-5-11-20)21-12-6-3-7-13-21;1-3-10-21(11-4-1)26(22-12-5-2-6-13-22)23-16-15-20-17-19-9-7-8-14-24(19)25(20)18-23;/h2-18H,1H3;1-16,18H,17H2;1H2. The molecule has 56 heavy (non-hydrogen) atoms. The summed E-state index contributed by atoms with van der Waals surface area (Å²) >= 11 is 0. The smallest absolute Gasteiger partial charge is 0.228 e. The number of para-hydroxylation sites is 5. The molecule has 1 aromatic heterocycles. The first kappa shape index (κ1) is 35.8. The molecule has 1 aliphatic rings. The highest BCUT2D eigenvalue weighted by atomic mass is 16.1. The Balaban J connectivity index is 0.000000156. The van der Waals surface area contributed by atoms with Crippen molar-refractivity contribution < 1.29 is 10.3 Å². The van der Waals surface area contributed by atoms with Crippen LogP contribution < -0.4 is 9.80 Å². The maximum Gasteiger partial charge on any atom is 0.228 e. The van der Waals surface area contributed by atoms with Crippen LogP contribution in [-0.4, -0.2) is 16.0 Å². The number of nitrogens with zero attached hydrogens (tertiary/aromatic N) is 3. The van der Waals surface area contributed by atoms with E-state index in [0.29, 0.717) is 0 Å². The lowest BCUT2D eigenvalue weighted by molar-refractivity contribution is 0.0946. The highest BCUT2D eigenvalue weighted by Gasteiger charge is 2.21. The molecule has 0 radical (unpaired) electrons. The molecule has 1 aliphatic carbocycles. The second kappa shape index (κ2) is 15.6. The van der Waals surface area contributed by atoms with Crippen LogP contribution in [0.25, 0.3) is 32.9 Å². The zero-order chi connectivity index (χ0) is 37.1. The monoisotopic (exact) mass is 727 g/mol. The Morgan fingerprint density at radius 3 is 1.39 bits per heavy atom. The van der Waals surface area contributed by atoms with Gasteiger partial charge in [-0.05, 0) is 114 Å². The predicted octanol–water partition coefficient (Wildman–Crippen LogP) is 12.8. The lowest BCUT2D eigenvalue weighted by Gasteiger charge is -2.26. The molecular weight excluding hydrogens is 687 g/mol. The van der Waals surface area contributed by atoms with E-state index < -0.39 is 0 Å². The highest BCUT2D eigenvalue weighted by Crippen LogP contribution is 2.42. The van der Waals surface area contributed by atoms with Gasteiger partial charge >= 0.3 is 0 Å². The lowest BCUT2D eigenvalue weighted by Crippen LogP contribution is -2.09. The van der Waals surface area contributed by atoms with Crippen LogP contribution in [0.5, 0.6) is 0 Å². The van der Waals surface area contributed by atoms with Gasteiger partial charge in [-0.1, -0.05) is 121 Å². The summed E-state index contributed by atoms with van der Waals surface area (Å²) in [6, 6.07) is 71.8. The number of hydrogen-bond acceptors (Lipinski definition) is 3. The third-order valence-electron chi connectivity index (χ3n) is 10.3. The molecule has 2 N–H and O–H groups in total. The third-order valence-corrected chi connectivity index (χ3v) is 10.3. The summed E-state index contributed by atoms with van der Waals surface area (Å²) in [6.45, 7) is 1.61. The summed E-state index contributed by atoms with van der Waals surface area (Å²) in [4.78, 5) is 16.9. The van der Waals surface area contributed by atoms with Crippen LogP contribution in [0.1, 0.15) is 22.8 Å². The molecule has 0 spiro atoms. The van der Waals surface area contributed by atoms with Crippen LogP contribution in [0.15, 0.2) is 206 Å². The van der Waals surface area contributed by atoms with Crippen LogP contribution in [0.4, 0.5) is 34.1 Å². The maximum atomic E-state index is 12.3. The Hall–Kier alpha value is -7.21. The van der Waals surface area contributed by atoms with Gasteiger partial charge in [-0.3, -0.25) is 9.36 Å². The quantitative estimate of drug-likeness (QED) is 0.171. The third kappa shape index (κ3) is 6.72. The molecule has 0 saturated heterocycles. The summed E-state index contributed by atoms with van der Waals surface area (Å²) in [5, 5.41) is 2.16. The van der Waals surface area contributed by atoms with Crippen molar-refractivity contribution >= 4 is 61.8 Å². The number of carbonyl (C=O) groups is 1. The van der Waals surface area contributed by atoms with E-state index in [1.165, 1.54) is 39.3 Å². The molecule has 0 unspecified atom stereocenters. The largest absolute Gasteiger partial charge is 0.412 e. The molecule has 0 amide bonds. The highest BCUT2D eigenvalue weighted by molar-refractivity contribution is 6.14. The number of fused-ring (bicyclic) bond motifs is 6. The number of hydrogen-bond donors (Lipinski definition) is 0. The Morgan fingerprint density at radius 1 is 0.411 bits per heavy atom. The predicted molar refractivity (Wildman–Crippen MR) is 233 cm³/mol. The number of carbonyl (C=O) groups excluding carboxylic acids is 1. The molecule has 5 nitrogen and oxygen atoms in total. The molecule has 1 heterocycles. The van der Waals surface area contributed by atoms with E-state index in [2.05, 4.69) is 155 Å². The zero-order valence-electron chi connectivity index (χ0n) is 31.1. The second-order valence-corrected chi connectivity index (χ2v) is 13.8. The SMILES string of the molecule is CC(=O)n1c2ccccc2c2cc(N(c3ccccc3)c3ccccc3)ccc21.O.c1ccc(N(c2ccccc2)c2ccc3c(c2)-c2ccccc2C3)cc1. The van der Waals surface area contributed by atoms with Gasteiger partial charge in [0.1, 0.15) is 0 Å². The van der Waals surface area contributed by atoms with Gasteiger partial charge in [0.25, 0.3) is 0 Å². The molecule has 10 rings (SSSR count). The van der Waals surface area contributed by atoms with E-state index in [1.807, 2.05) is 60.7 Å². The fourth-order valence-corrected chi connectivity index (χ4v) is 7.89. The van der Waals surface area contributed by atoms with Crippen LogP contribution >= 0.6 is 0 Å². The van der Waals surface area contributed by atoms with Gasteiger partial charge in [0.05, 0.1) is 11.0 Å². The van der Waals surface area contributed by atoms with Gasteiger partial charge in [0, 0.05) is 51.8 Å². The normalized spacial score (nSPS) is 11.2. The molecule has 8 aromatic carbocycles. The molecular formula is C51H41N3O2. The van der Waals surface area contributed by atoms with Gasteiger partial charge in [0.2, 0.25) is 5.91 Å². The number of anilines is 6. The van der Waals surface area contributed by atoms with Gasteiger partial charge in [-0.25, -0.2) is 0 Å². The van der Waals surface area contributed by atoms with E-state index in [-0.39, 0.29) is 11.4 Å². The molecule has 0 fully saturated rings. The number of benzene rings is 8. The zero-order valence-corrected chi connectivity index (χ0v) is 31.1. The average molecular weight is 728 g/mol. The molecule has 0 aliphatic heterocycles. The van der Waals surface area contributed by atoms with Crippen molar-refractivity contribution in [1.82, 2.24) is 4.57 Å². The van der Waals surface area contributed by atoms with Crippen LogP contribution in [0, 0.1) is 0 Å². The van der Waals surface area contributed by atoms with Crippen LogP contribution in [0.2, 0.25) is 0 Å². The number of aromatic nitrogens is 1. The molecule has 0 atom stereocenters. The summed E-state index contributed by atoms with van der Waals surface area (Å²) in [5.74, 6) is 0.0203. The van der Waals surface area contributed by atoms with E-state index in [4.69, 9.17) is 0 Å². The van der Waals surface area contributed by atoms with E-state index >= 15 is 0 Å². The number of rotatable bonds is 6.